The van der Waals surface area contributed by atoms with Gasteiger partial charge in [0, 0.05) is 41.4 Å². The number of hydrogen-bond acceptors (Lipinski definition) is 4. The Bertz CT molecular complexity index is 962. The van der Waals surface area contributed by atoms with Crippen LogP contribution < -0.4 is 0 Å². The van der Waals surface area contributed by atoms with Gasteiger partial charge in [0.05, 0.1) is 6.61 Å². The minimum Gasteiger partial charge on any atom is -0.473 e. The quantitative estimate of drug-likeness (QED) is 0.527. The second-order valence-electron chi connectivity index (χ2n) is 6.72. The molecule has 0 saturated heterocycles. The number of nitrogens with zero attached hydrogens (tertiary/aromatic N) is 2. The molecule has 0 atom stereocenters. The van der Waals surface area contributed by atoms with Gasteiger partial charge in [-0.1, -0.05) is 31.2 Å². The van der Waals surface area contributed by atoms with Crippen LogP contribution in [0.1, 0.15) is 25.8 Å². The zero-order chi connectivity index (χ0) is 21.4. The molecular formula is C22H28N2O5. The fourth-order valence-corrected chi connectivity index (χ4v) is 3.53. The minimum absolute atomic E-state index is 0.220. The lowest BCUT2D eigenvalue weighted by Crippen LogP contribution is -2.27. The maximum absolute atomic E-state index is 9.24. The SMILES string of the molecule is CCCN(CCO)Cc1ccc2c(c1)c1ccccc1n2CC.O=C(O)C(=O)O. The first-order chi connectivity index (χ1) is 13.9. The highest BCUT2D eigenvalue weighted by molar-refractivity contribution is 6.27. The Hall–Kier alpha value is -2.90. The molecule has 0 aliphatic rings. The van der Waals surface area contributed by atoms with E-state index >= 15 is 0 Å². The number of aliphatic hydroxyl groups is 1. The minimum atomic E-state index is -1.82. The fourth-order valence-electron chi connectivity index (χ4n) is 3.53. The molecule has 156 valence electrons. The summed E-state index contributed by atoms with van der Waals surface area (Å²) in [6.07, 6.45) is 1.11. The van der Waals surface area contributed by atoms with Gasteiger partial charge in [0.25, 0.3) is 0 Å². The van der Waals surface area contributed by atoms with Gasteiger partial charge in [0.15, 0.2) is 0 Å². The van der Waals surface area contributed by atoms with Crippen LogP contribution in [0.3, 0.4) is 0 Å². The molecule has 0 spiro atoms. The van der Waals surface area contributed by atoms with E-state index in [4.69, 9.17) is 19.8 Å². The Labute approximate surface area is 169 Å². The molecular weight excluding hydrogens is 372 g/mol. The molecule has 3 N–H and O–H groups in total. The lowest BCUT2D eigenvalue weighted by atomic mass is 10.1. The molecule has 2 aromatic carbocycles. The topological polar surface area (TPSA) is 103 Å². The zero-order valence-corrected chi connectivity index (χ0v) is 16.8. The van der Waals surface area contributed by atoms with Crippen LogP contribution in [0.25, 0.3) is 21.8 Å². The molecule has 0 aliphatic heterocycles. The third-order valence-corrected chi connectivity index (χ3v) is 4.70. The zero-order valence-electron chi connectivity index (χ0n) is 16.8. The molecule has 0 amide bonds. The number of carboxylic acid groups (broad SMARTS) is 2. The number of benzene rings is 2. The molecule has 7 nitrogen and oxygen atoms in total. The fraction of sp³-hybridized carbons (Fsp3) is 0.364. The summed E-state index contributed by atoms with van der Waals surface area (Å²) in [6, 6.07) is 15.4. The van der Waals surface area contributed by atoms with Crippen LogP contribution >= 0.6 is 0 Å². The van der Waals surface area contributed by atoms with Crippen molar-refractivity contribution in [1.82, 2.24) is 9.47 Å². The monoisotopic (exact) mass is 400 g/mol. The largest absolute Gasteiger partial charge is 0.473 e. The molecule has 3 rings (SSSR count). The highest BCUT2D eigenvalue weighted by atomic mass is 16.4. The van der Waals surface area contributed by atoms with Crippen LogP contribution in [0.15, 0.2) is 42.5 Å². The van der Waals surface area contributed by atoms with Crippen LogP contribution in [-0.4, -0.2) is 56.4 Å². The van der Waals surface area contributed by atoms with Gasteiger partial charge in [-0.25, -0.2) is 9.59 Å². The number of para-hydroxylation sites is 1. The first-order valence-corrected chi connectivity index (χ1v) is 9.72. The van der Waals surface area contributed by atoms with Crippen molar-refractivity contribution in [3.8, 4) is 0 Å². The van der Waals surface area contributed by atoms with Gasteiger partial charge in [-0.3, -0.25) is 4.90 Å². The van der Waals surface area contributed by atoms with Crippen LogP contribution in [0.2, 0.25) is 0 Å². The highest BCUT2D eigenvalue weighted by Crippen LogP contribution is 2.29. The molecule has 3 aromatic rings. The van der Waals surface area contributed by atoms with E-state index in [9.17, 15) is 5.11 Å². The van der Waals surface area contributed by atoms with Gasteiger partial charge in [0.2, 0.25) is 0 Å². The number of aliphatic hydroxyl groups excluding tert-OH is 1. The molecule has 7 heteroatoms. The smallest absolute Gasteiger partial charge is 0.414 e. The molecule has 1 heterocycles. The first-order valence-electron chi connectivity index (χ1n) is 9.72. The molecule has 0 fully saturated rings. The lowest BCUT2D eigenvalue weighted by Gasteiger charge is -2.20. The molecule has 0 radical (unpaired) electrons. The third-order valence-electron chi connectivity index (χ3n) is 4.70. The van der Waals surface area contributed by atoms with E-state index in [1.807, 2.05) is 0 Å². The number of carboxylic acids is 2. The van der Waals surface area contributed by atoms with Crippen molar-refractivity contribution in [1.29, 1.82) is 0 Å². The van der Waals surface area contributed by atoms with Gasteiger partial charge >= 0.3 is 11.9 Å². The lowest BCUT2D eigenvalue weighted by molar-refractivity contribution is -0.159. The van der Waals surface area contributed by atoms with Crippen LogP contribution in [0.4, 0.5) is 0 Å². The standard InChI is InChI=1S/C20H26N2O.C2H2O4/c1-3-11-21(12-13-23)15-16-9-10-20-18(14-16)17-7-5-6-8-19(17)22(20)4-2;3-1(4)2(5)6/h5-10,14,23H,3-4,11-13,15H2,1-2H3;(H,3,4)(H,5,6). The second-order valence-corrected chi connectivity index (χ2v) is 6.72. The van der Waals surface area contributed by atoms with E-state index in [1.165, 1.54) is 27.4 Å². The van der Waals surface area contributed by atoms with Gasteiger partial charge < -0.3 is 19.9 Å². The summed E-state index contributed by atoms with van der Waals surface area (Å²) in [4.78, 5) is 20.5. The summed E-state index contributed by atoms with van der Waals surface area (Å²) in [5.41, 5.74) is 3.93. The van der Waals surface area contributed by atoms with Crippen molar-refractivity contribution in [2.45, 2.75) is 33.4 Å². The normalized spacial score (nSPS) is 10.9. The Morgan fingerprint density at radius 1 is 0.931 bits per heavy atom. The molecule has 0 bridgehead atoms. The summed E-state index contributed by atoms with van der Waals surface area (Å²) in [5, 5.41) is 26.7. The van der Waals surface area contributed by atoms with E-state index < -0.39 is 11.9 Å². The Morgan fingerprint density at radius 2 is 1.59 bits per heavy atom. The predicted molar refractivity (Wildman–Crippen MR) is 113 cm³/mol. The van der Waals surface area contributed by atoms with Gasteiger partial charge in [-0.15, -0.1) is 0 Å². The van der Waals surface area contributed by atoms with E-state index in [0.717, 1.165) is 32.6 Å². The first kappa shape index (κ1) is 22.4. The van der Waals surface area contributed by atoms with Gasteiger partial charge in [-0.05, 0) is 43.7 Å². The number of aliphatic carboxylic acids is 2. The van der Waals surface area contributed by atoms with E-state index in [2.05, 4.69) is 65.8 Å². The number of fused-ring (bicyclic) bond motifs is 3. The van der Waals surface area contributed by atoms with Crippen molar-refractivity contribution in [2.24, 2.45) is 0 Å². The second kappa shape index (κ2) is 10.6. The summed E-state index contributed by atoms with van der Waals surface area (Å²) in [7, 11) is 0. The Kier molecular flexibility index (Phi) is 8.18. The summed E-state index contributed by atoms with van der Waals surface area (Å²) >= 11 is 0. The maximum atomic E-state index is 9.24. The third kappa shape index (κ3) is 5.56. The number of aromatic nitrogens is 1. The average Bonchev–Trinajstić information content (AvgIpc) is 3.02. The van der Waals surface area contributed by atoms with Crippen molar-refractivity contribution in [3.05, 3.63) is 48.0 Å². The molecule has 0 unspecified atom stereocenters. The predicted octanol–water partition coefficient (Wildman–Crippen LogP) is 3.17. The van der Waals surface area contributed by atoms with Crippen molar-refractivity contribution in [3.63, 3.8) is 0 Å². The van der Waals surface area contributed by atoms with Gasteiger partial charge in [0.1, 0.15) is 0 Å². The Balaban J connectivity index is 0.000000438. The molecule has 1 aromatic heterocycles. The highest BCUT2D eigenvalue weighted by Gasteiger charge is 2.11. The van der Waals surface area contributed by atoms with Crippen molar-refractivity contribution < 1.29 is 24.9 Å². The van der Waals surface area contributed by atoms with Crippen molar-refractivity contribution >= 4 is 33.7 Å². The van der Waals surface area contributed by atoms with E-state index in [-0.39, 0.29) is 6.61 Å². The van der Waals surface area contributed by atoms with Gasteiger partial charge in [-0.2, -0.15) is 0 Å². The number of carbonyl (C=O) groups is 2. The number of hydrogen-bond donors (Lipinski definition) is 3. The summed E-state index contributed by atoms with van der Waals surface area (Å²) in [5.74, 6) is -3.65. The molecule has 29 heavy (non-hydrogen) atoms. The number of aryl methyl sites for hydroxylation is 1. The Morgan fingerprint density at radius 3 is 2.17 bits per heavy atom. The van der Waals surface area contributed by atoms with Crippen LogP contribution in [0.5, 0.6) is 0 Å². The number of rotatable bonds is 7. The van der Waals surface area contributed by atoms with E-state index in [1.54, 1.807) is 0 Å². The van der Waals surface area contributed by atoms with Crippen LogP contribution in [-0.2, 0) is 22.7 Å². The van der Waals surface area contributed by atoms with Crippen molar-refractivity contribution in [2.75, 3.05) is 19.7 Å². The average molecular weight is 400 g/mol. The summed E-state index contributed by atoms with van der Waals surface area (Å²) in [6.45, 7) is 8.24. The molecule has 0 aliphatic carbocycles. The van der Waals surface area contributed by atoms with E-state index in [0.29, 0.717) is 0 Å². The summed E-state index contributed by atoms with van der Waals surface area (Å²) < 4.78 is 2.38. The van der Waals surface area contributed by atoms with Crippen LogP contribution in [0, 0.1) is 0 Å². The molecule has 0 saturated carbocycles. The maximum Gasteiger partial charge on any atom is 0.414 e.